The molecule has 0 aliphatic carbocycles. The lowest BCUT2D eigenvalue weighted by atomic mass is 9.95. The molecule has 4 nitrogen and oxygen atoms in total. The van der Waals surface area contributed by atoms with Crippen molar-refractivity contribution in [1.29, 1.82) is 0 Å². The van der Waals surface area contributed by atoms with Crippen LogP contribution in [-0.4, -0.2) is 46.2 Å². The van der Waals surface area contributed by atoms with Crippen LogP contribution in [0.5, 0.6) is 0 Å². The van der Waals surface area contributed by atoms with Crippen LogP contribution in [0.2, 0.25) is 0 Å². The second-order valence-corrected chi connectivity index (χ2v) is 6.67. The zero-order valence-corrected chi connectivity index (χ0v) is 17.9. The topological polar surface area (TPSA) is 36.9 Å². The van der Waals surface area contributed by atoms with Gasteiger partial charge < -0.3 is 18.9 Å². The van der Waals surface area contributed by atoms with Crippen LogP contribution in [-0.2, 0) is 24.5 Å². The predicted molar refractivity (Wildman–Crippen MR) is 107 cm³/mol. The minimum atomic E-state index is -0.170. The van der Waals surface area contributed by atoms with Crippen LogP contribution in [0.4, 0.5) is 0 Å². The average molecular weight is 375 g/mol. The maximum absolute atomic E-state index is 6.21. The molecular formula is C20H38O4S. The molecule has 0 bridgehead atoms. The highest BCUT2D eigenvalue weighted by atomic mass is 32.1. The summed E-state index contributed by atoms with van der Waals surface area (Å²) in [6.45, 7) is 16.9. The summed E-state index contributed by atoms with van der Waals surface area (Å²) in [4.78, 5) is 2.65. The van der Waals surface area contributed by atoms with Gasteiger partial charge in [0.05, 0.1) is 39.6 Å². The molecule has 0 unspecified atom stereocenters. The first-order valence-electron chi connectivity index (χ1n) is 9.62. The van der Waals surface area contributed by atoms with Gasteiger partial charge in [0.1, 0.15) is 5.60 Å². The fourth-order valence-corrected chi connectivity index (χ4v) is 3.59. The van der Waals surface area contributed by atoms with Gasteiger partial charge in [-0.2, -0.15) is 0 Å². The fraction of sp³-hybridized carbons (Fsp3) is 0.800. The molecule has 0 radical (unpaired) electrons. The molecule has 0 atom stereocenters. The van der Waals surface area contributed by atoms with Crippen LogP contribution in [0.15, 0.2) is 12.1 Å². The molecule has 1 rings (SSSR count). The minimum absolute atomic E-state index is 0.170. The Balaban J connectivity index is 0.00000277. The molecule has 1 aromatic heterocycles. The first-order chi connectivity index (χ1) is 12.2. The lowest BCUT2D eigenvalue weighted by Crippen LogP contribution is -2.29. The largest absolute Gasteiger partial charge is 0.379 e. The van der Waals surface area contributed by atoms with Gasteiger partial charge in [-0.05, 0) is 38.8 Å². The highest BCUT2D eigenvalue weighted by Gasteiger charge is 2.30. The Morgan fingerprint density at radius 2 is 1.32 bits per heavy atom. The van der Waals surface area contributed by atoms with Crippen molar-refractivity contribution in [3.8, 4) is 0 Å². The summed E-state index contributed by atoms with van der Waals surface area (Å²) in [5, 5.41) is 0. The second-order valence-electron chi connectivity index (χ2n) is 5.38. The van der Waals surface area contributed by atoms with E-state index in [0.717, 1.165) is 19.4 Å². The van der Waals surface area contributed by atoms with Crippen LogP contribution in [0.25, 0.3) is 0 Å². The number of rotatable bonds is 14. The standard InChI is InChI=1S/C18H32O4S.C2H6/c1-5-18(6-2,17-9-8-16(4)23-17)22-15-14-21-13-12-20-11-10-19-7-3;1-2/h8-9H,5-7,10-15H2,1-4H3;1-2H3. The molecule has 1 heterocycles. The zero-order chi connectivity index (χ0) is 19.0. The Bertz CT molecular complexity index is 402. The summed E-state index contributed by atoms with van der Waals surface area (Å²) in [6.07, 6.45) is 1.95. The molecule has 0 fully saturated rings. The lowest BCUT2D eigenvalue weighted by Gasteiger charge is -2.31. The van der Waals surface area contributed by atoms with Gasteiger partial charge in [0.2, 0.25) is 0 Å². The molecule has 0 aliphatic heterocycles. The molecule has 5 heteroatoms. The Labute approximate surface area is 158 Å². The van der Waals surface area contributed by atoms with Crippen molar-refractivity contribution in [3.05, 3.63) is 21.9 Å². The maximum atomic E-state index is 6.21. The van der Waals surface area contributed by atoms with Gasteiger partial charge in [0.15, 0.2) is 0 Å². The molecule has 0 saturated heterocycles. The molecule has 0 aliphatic rings. The smallest absolute Gasteiger partial charge is 0.102 e. The van der Waals surface area contributed by atoms with Crippen molar-refractivity contribution in [2.45, 2.75) is 60.0 Å². The van der Waals surface area contributed by atoms with Gasteiger partial charge in [-0.25, -0.2) is 0 Å². The summed E-state index contributed by atoms with van der Waals surface area (Å²) in [5.74, 6) is 0. The third-order valence-electron chi connectivity index (χ3n) is 3.89. The Kier molecular flexibility index (Phi) is 15.5. The van der Waals surface area contributed by atoms with Crippen molar-refractivity contribution in [2.24, 2.45) is 0 Å². The van der Waals surface area contributed by atoms with Crippen molar-refractivity contribution >= 4 is 11.3 Å². The normalized spacial score (nSPS) is 11.3. The van der Waals surface area contributed by atoms with Crippen LogP contribution in [0.1, 0.15) is 57.2 Å². The molecule has 0 saturated carbocycles. The summed E-state index contributed by atoms with van der Waals surface area (Å²) in [6, 6.07) is 4.36. The Morgan fingerprint density at radius 1 is 0.800 bits per heavy atom. The molecule has 1 aromatic rings. The van der Waals surface area contributed by atoms with E-state index in [1.54, 1.807) is 0 Å². The molecule has 148 valence electrons. The number of aryl methyl sites for hydroxylation is 1. The average Bonchev–Trinajstić information content (AvgIpc) is 3.09. The second kappa shape index (κ2) is 15.8. The molecule has 0 aromatic carbocycles. The van der Waals surface area contributed by atoms with Crippen LogP contribution in [0.3, 0.4) is 0 Å². The highest BCUT2D eigenvalue weighted by molar-refractivity contribution is 7.12. The van der Waals surface area contributed by atoms with E-state index in [4.69, 9.17) is 18.9 Å². The van der Waals surface area contributed by atoms with E-state index >= 15 is 0 Å². The molecule has 25 heavy (non-hydrogen) atoms. The third kappa shape index (κ3) is 9.71. The highest BCUT2D eigenvalue weighted by Crippen LogP contribution is 2.37. The monoisotopic (exact) mass is 374 g/mol. The zero-order valence-electron chi connectivity index (χ0n) is 17.1. The van der Waals surface area contributed by atoms with Crippen molar-refractivity contribution in [1.82, 2.24) is 0 Å². The molecular weight excluding hydrogens is 336 g/mol. The van der Waals surface area contributed by atoms with Gasteiger partial charge in [-0.3, -0.25) is 0 Å². The van der Waals surface area contributed by atoms with Gasteiger partial charge in [-0.1, -0.05) is 27.7 Å². The number of hydrogen-bond acceptors (Lipinski definition) is 5. The van der Waals surface area contributed by atoms with E-state index in [9.17, 15) is 0 Å². The minimum Gasteiger partial charge on any atom is -0.379 e. The van der Waals surface area contributed by atoms with E-state index in [1.165, 1.54) is 9.75 Å². The number of ether oxygens (including phenoxy) is 4. The summed E-state index contributed by atoms with van der Waals surface area (Å²) in [7, 11) is 0. The molecule has 0 amide bonds. The number of hydrogen-bond donors (Lipinski definition) is 0. The molecule has 0 spiro atoms. The quantitative estimate of drug-likeness (QED) is 0.420. The maximum Gasteiger partial charge on any atom is 0.102 e. The Morgan fingerprint density at radius 3 is 1.76 bits per heavy atom. The van der Waals surface area contributed by atoms with E-state index in [1.807, 2.05) is 32.1 Å². The van der Waals surface area contributed by atoms with Crippen molar-refractivity contribution < 1.29 is 18.9 Å². The van der Waals surface area contributed by atoms with Crippen LogP contribution in [0, 0.1) is 6.92 Å². The SMILES string of the molecule is CC.CCOCCOCCOCCOC(CC)(CC)c1ccc(C)s1. The van der Waals surface area contributed by atoms with Crippen molar-refractivity contribution in [3.63, 3.8) is 0 Å². The first kappa shape index (κ1) is 24.5. The van der Waals surface area contributed by atoms with Gasteiger partial charge in [-0.15, -0.1) is 11.3 Å². The van der Waals surface area contributed by atoms with Gasteiger partial charge >= 0.3 is 0 Å². The Hall–Kier alpha value is -0.460. The van der Waals surface area contributed by atoms with Crippen LogP contribution < -0.4 is 0 Å². The van der Waals surface area contributed by atoms with Crippen molar-refractivity contribution in [2.75, 3.05) is 46.2 Å². The van der Waals surface area contributed by atoms with E-state index in [-0.39, 0.29) is 5.60 Å². The van der Waals surface area contributed by atoms with Gasteiger partial charge in [0.25, 0.3) is 0 Å². The lowest BCUT2D eigenvalue weighted by molar-refractivity contribution is -0.0798. The summed E-state index contributed by atoms with van der Waals surface area (Å²) >= 11 is 1.83. The van der Waals surface area contributed by atoms with E-state index in [2.05, 4.69) is 32.9 Å². The summed E-state index contributed by atoms with van der Waals surface area (Å²) in [5.41, 5.74) is -0.170. The van der Waals surface area contributed by atoms with E-state index in [0.29, 0.717) is 39.6 Å². The fourth-order valence-electron chi connectivity index (χ4n) is 2.43. The predicted octanol–water partition coefficient (Wildman–Crippen LogP) is 5.18. The van der Waals surface area contributed by atoms with Gasteiger partial charge in [0, 0.05) is 16.4 Å². The third-order valence-corrected chi connectivity index (χ3v) is 5.07. The summed E-state index contributed by atoms with van der Waals surface area (Å²) < 4.78 is 22.4. The first-order valence-corrected chi connectivity index (χ1v) is 10.4. The van der Waals surface area contributed by atoms with E-state index < -0.39 is 0 Å². The number of thiophene rings is 1. The molecule has 0 N–H and O–H groups in total. The van der Waals surface area contributed by atoms with Crippen LogP contribution >= 0.6 is 11.3 Å².